The van der Waals surface area contributed by atoms with Gasteiger partial charge in [0.25, 0.3) is 5.19 Å². The van der Waals surface area contributed by atoms with Crippen LogP contribution in [-0.2, 0) is 9.59 Å². The number of nitrogens with one attached hydrogen (secondary N) is 2. The van der Waals surface area contributed by atoms with E-state index in [-0.39, 0.29) is 34.5 Å². The minimum Gasteiger partial charge on any atom is -0.460 e. The maximum absolute atomic E-state index is 13.2. The second-order valence-electron chi connectivity index (χ2n) is 11.5. The van der Waals surface area contributed by atoms with Gasteiger partial charge < -0.3 is 15.4 Å². The first-order valence-electron chi connectivity index (χ1n) is 13.0. The van der Waals surface area contributed by atoms with E-state index >= 15 is 0 Å². The topological polar surface area (TPSA) is 83.6 Å². The van der Waals surface area contributed by atoms with Gasteiger partial charge >= 0.3 is 6.18 Å². The third kappa shape index (κ3) is 5.66. The van der Waals surface area contributed by atoms with Crippen LogP contribution < -0.4 is 15.4 Å². The smallest absolute Gasteiger partial charge is 0.422 e. The molecule has 1 aromatic rings. The van der Waals surface area contributed by atoms with Crippen LogP contribution in [0.4, 0.5) is 13.2 Å². The summed E-state index contributed by atoms with van der Waals surface area (Å²) in [5.74, 6) is 2.00. The van der Waals surface area contributed by atoms with Crippen LogP contribution in [0, 0.1) is 23.7 Å². The molecule has 4 bridgehead atoms. The van der Waals surface area contributed by atoms with E-state index in [4.69, 9.17) is 0 Å². The van der Waals surface area contributed by atoms with E-state index in [1.807, 2.05) is 6.92 Å². The van der Waals surface area contributed by atoms with Crippen molar-refractivity contribution in [3.63, 3.8) is 0 Å². The number of aromatic nitrogens is 1. The molecule has 1 saturated heterocycles. The number of ether oxygens (including phenoxy) is 1. The molecule has 2 heterocycles. The number of alkyl halides is 3. The van der Waals surface area contributed by atoms with Crippen LogP contribution in [0.3, 0.4) is 0 Å². The number of amides is 2. The minimum absolute atomic E-state index is 0.0244. The lowest BCUT2D eigenvalue weighted by Crippen LogP contribution is -2.62. The Morgan fingerprint density at radius 1 is 1.19 bits per heavy atom. The summed E-state index contributed by atoms with van der Waals surface area (Å²) in [6.07, 6.45) is 4.99. The quantitative estimate of drug-likeness (QED) is 0.532. The van der Waals surface area contributed by atoms with E-state index < -0.39 is 18.8 Å². The van der Waals surface area contributed by atoms with Crippen molar-refractivity contribution in [2.24, 2.45) is 23.7 Å². The molecule has 0 radical (unpaired) electrons. The van der Waals surface area contributed by atoms with Crippen molar-refractivity contribution < 1.29 is 27.5 Å². The fourth-order valence-electron chi connectivity index (χ4n) is 7.23. The predicted molar refractivity (Wildman–Crippen MR) is 128 cm³/mol. The number of halogens is 3. The lowest BCUT2D eigenvalue weighted by atomic mass is 9.53. The van der Waals surface area contributed by atoms with E-state index in [2.05, 4.69) is 25.3 Å². The number of likely N-dealkylation sites (tertiary alicyclic amines) is 1. The Hall–Kier alpha value is -1.88. The fraction of sp³-hybridized carbons (Fsp3) is 0.800. The summed E-state index contributed by atoms with van der Waals surface area (Å²) in [5.41, 5.74) is -0.0244. The molecule has 0 aromatic carbocycles. The molecular formula is C25H35F3N4O3S. The fourth-order valence-corrected chi connectivity index (χ4v) is 8.00. The van der Waals surface area contributed by atoms with Crippen molar-refractivity contribution in [3.05, 3.63) is 11.1 Å². The van der Waals surface area contributed by atoms with Crippen LogP contribution in [0.2, 0.25) is 0 Å². The zero-order valence-corrected chi connectivity index (χ0v) is 21.6. The third-order valence-electron chi connectivity index (χ3n) is 8.59. The number of nitrogens with zero attached hydrogens (tertiary/aromatic N) is 2. The number of rotatable bonds is 8. The van der Waals surface area contributed by atoms with Gasteiger partial charge in [-0.1, -0.05) is 11.3 Å². The highest BCUT2D eigenvalue weighted by atomic mass is 32.1. The Balaban J connectivity index is 1.10. The predicted octanol–water partition coefficient (Wildman–Crippen LogP) is 4.06. The van der Waals surface area contributed by atoms with Gasteiger partial charge in [-0.3, -0.25) is 14.5 Å². The molecule has 0 spiro atoms. The Labute approximate surface area is 213 Å². The molecule has 1 aromatic heterocycles. The molecule has 11 heteroatoms. The van der Waals surface area contributed by atoms with Gasteiger partial charge in [-0.25, -0.2) is 4.98 Å². The zero-order valence-electron chi connectivity index (χ0n) is 20.8. The molecule has 200 valence electrons. The van der Waals surface area contributed by atoms with E-state index in [9.17, 15) is 22.8 Å². The second kappa shape index (κ2) is 9.78. The van der Waals surface area contributed by atoms with Crippen molar-refractivity contribution in [3.8, 4) is 5.19 Å². The van der Waals surface area contributed by atoms with Crippen LogP contribution in [0.15, 0.2) is 6.20 Å². The molecule has 5 aliphatic rings. The van der Waals surface area contributed by atoms with E-state index in [0.29, 0.717) is 24.4 Å². The summed E-state index contributed by atoms with van der Waals surface area (Å²) in [6.45, 7) is 3.49. The summed E-state index contributed by atoms with van der Waals surface area (Å²) in [5, 5.41) is 6.32. The highest BCUT2D eigenvalue weighted by molar-refractivity contribution is 7.13. The van der Waals surface area contributed by atoms with Gasteiger partial charge in [0.05, 0.1) is 22.9 Å². The van der Waals surface area contributed by atoms with E-state index in [1.165, 1.54) is 25.5 Å². The lowest BCUT2D eigenvalue weighted by Gasteiger charge is -2.57. The maximum atomic E-state index is 13.2. The van der Waals surface area contributed by atoms with Gasteiger partial charge in [-0.2, -0.15) is 13.2 Å². The Kier molecular flexibility index (Phi) is 6.99. The molecule has 1 aliphatic heterocycles. The first-order chi connectivity index (χ1) is 17.0. The van der Waals surface area contributed by atoms with E-state index in [0.717, 1.165) is 48.4 Å². The monoisotopic (exact) mass is 528 g/mol. The number of hydrogen-bond acceptors (Lipinski definition) is 6. The summed E-state index contributed by atoms with van der Waals surface area (Å²) >= 11 is 0.990. The summed E-state index contributed by atoms with van der Waals surface area (Å²) in [4.78, 5) is 32.7. The molecule has 6 rings (SSSR count). The van der Waals surface area contributed by atoms with Gasteiger partial charge in [-0.05, 0) is 83.1 Å². The molecule has 2 N–H and O–H groups in total. The van der Waals surface area contributed by atoms with Gasteiger partial charge in [-0.15, -0.1) is 0 Å². The first kappa shape index (κ1) is 25.8. The van der Waals surface area contributed by atoms with Crippen molar-refractivity contribution in [1.82, 2.24) is 20.5 Å². The molecular weight excluding hydrogens is 493 g/mol. The molecule has 4 saturated carbocycles. The second-order valence-corrected chi connectivity index (χ2v) is 12.5. The van der Waals surface area contributed by atoms with Gasteiger partial charge in [0, 0.05) is 18.3 Å². The third-order valence-corrected chi connectivity index (χ3v) is 9.68. The van der Waals surface area contributed by atoms with Gasteiger partial charge in [0.15, 0.2) is 6.61 Å². The Bertz CT molecular complexity index is 949. The first-order valence-corrected chi connectivity index (χ1v) is 13.8. The zero-order chi connectivity index (χ0) is 25.7. The van der Waals surface area contributed by atoms with Gasteiger partial charge in [0.1, 0.15) is 0 Å². The SMILES string of the molecule is CC(NC(=O)[C@@H]1CCN(C(C)C(=O)NC23CC4CC(CC(C4)C2)C3)C1)c1cnc(OCC(F)(F)F)s1. The van der Waals surface area contributed by atoms with E-state index in [1.54, 1.807) is 6.92 Å². The van der Waals surface area contributed by atoms with Crippen molar-refractivity contribution >= 4 is 23.2 Å². The number of hydrogen-bond donors (Lipinski definition) is 2. The summed E-state index contributed by atoms with van der Waals surface area (Å²) < 4.78 is 41.7. The molecule has 5 fully saturated rings. The maximum Gasteiger partial charge on any atom is 0.422 e. The van der Waals surface area contributed by atoms with Crippen molar-refractivity contribution in [2.45, 2.75) is 82.6 Å². The molecule has 3 atom stereocenters. The van der Waals surface area contributed by atoms with Gasteiger partial charge in [0.2, 0.25) is 11.8 Å². The van der Waals surface area contributed by atoms with Crippen molar-refractivity contribution in [1.29, 1.82) is 0 Å². The van der Waals surface area contributed by atoms with Crippen LogP contribution in [0.25, 0.3) is 0 Å². The number of carbonyl (C=O) groups is 2. The molecule has 4 aliphatic carbocycles. The summed E-state index contributed by atoms with van der Waals surface area (Å²) in [7, 11) is 0. The molecule has 2 unspecified atom stereocenters. The van der Waals surface area contributed by atoms with Crippen LogP contribution in [-0.4, -0.2) is 59.2 Å². The van der Waals surface area contributed by atoms with Crippen molar-refractivity contribution in [2.75, 3.05) is 19.7 Å². The average Bonchev–Trinajstić information content (AvgIpc) is 3.45. The molecule has 2 amide bonds. The highest BCUT2D eigenvalue weighted by Crippen LogP contribution is 2.55. The number of carbonyl (C=O) groups excluding carboxylic acids is 2. The van der Waals surface area contributed by atoms with Crippen LogP contribution in [0.5, 0.6) is 5.19 Å². The normalized spacial score (nSPS) is 33.4. The minimum atomic E-state index is -4.43. The Morgan fingerprint density at radius 3 is 2.44 bits per heavy atom. The highest BCUT2D eigenvalue weighted by Gasteiger charge is 2.52. The molecule has 36 heavy (non-hydrogen) atoms. The van der Waals surface area contributed by atoms with Crippen LogP contribution in [0.1, 0.15) is 69.7 Å². The lowest BCUT2D eigenvalue weighted by molar-refractivity contribution is -0.153. The largest absolute Gasteiger partial charge is 0.460 e. The number of thiazole rings is 1. The average molecular weight is 529 g/mol. The van der Waals surface area contributed by atoms with Crippen LogP contribution >= 0.6 is 11.3 Å². The standard InChI is InChI=1S/C25H35F3N4O3S/c1-14(20-11-29-23(36-20)35-13-25(26,27)28)30-22(34)19-3-4-32(12-19)15(2)21(33)31-24-8-16-5-17(9-24)7-18(6-16)10-24/h11,14-19H,3-10,12-13H2,1-2H3,(H,30,34)(H,31,33)/t14?,15?,16?,17?,18?,19-,24?/m1/s1. The molecule has 7 nitrogen and oxygen atoms in total. The summed E-state index contributed by atoms with van der Waals surface area (Å²) in [6, 6.07) is -0.688. The Morgan fingerprint density at radius 2 is 1.83 bits per heavy atom.